The van der Waals surface area contributed by atoms with Crippen LogP contribution in [0.15, 0.2) is 0 Å². The van der Waals surface area contributed by atoms with Gasteiger partial charge in [0, 0.05) is 10.8 Å². The summed E-state index contributed by atoms with van der Waals surface area (Å²) in [5.41, 5.74) is 5.30. The SMILES string of the molecule is NCCCC[C@H](NC(=O)CCI)C(=O)O. The molecule has 0 rings (SSSR count). The average Bonchev–Trinajstić information content (AvgIpc) is 2.16. The van der Waals surface area contributed by atoms with Gasteiger partial charge in [-0.1, -0.05) is 22.6 Å². The van der Waals surface area contributed by atoms with E-state index in [1.165, 1.54) is 0 Å². The minimum Gasteiger partial charge on any atom is -0.480 e. The summed E-state index contributed by atoms with van der Waals surface area (Å²) >= 11 is 2.08. The lowest BCUT2D eigenvalue weighted by Gasteiger charge is -2.13. The minimum absolute atomic E-state index is 0.204. The summed E-state index contributed by atoms with van der Waals surface area (Å²) in [5, 5.41) is 11.3. The number of carbonyl (C=O) groups is 2. The molecule has 0 heterocycles. The summed E-state index contributed by atoms with van der Waals surface area (Å²) < 4.78 is 0.693. The Bertz CT molecular complexity index is 212. The highest BCUT2D eigenvalue weighted by Crippen LogP contribution is 2.01. The van der Waals surface area contributed by atoms with Crippen LogP contribution < -0.4 is 11.1 Å². The highest BCUT2D eigenvalue weighted by molar-refractivity contribution is 14.1. The second kappa shape index (κ2) is 8.90. The molecule has 0 fully saturated rings. The number of nitrogens with one attached hydrogen (secondary N) is 1. The van der Waals surface area contributed by atoms with Crippen molar-refractivity contribution in [1.29, 1.82) is 0 Å². The number of aliphatic carboxylic acids is 1. The lowest BCUT2D eigenvalue weighted by molar-refractivity contribution is -0.142. The monoisotopic (exact) mass is 328 g/mol. The third-order valence-electron chi connectivity index (χ3n) is 1.90. The number of alkyl halides is 1. The van der Waals surface area contributed by atoms with Crippen LogP contribution in [-0.2, 0) is 9.59 Å². The van der Waals surface area contributed by atoms with E-state index in [2.05, 4.69) is 27.9 Å². The standard InChI is InChI=1S/C9H17IN2O3/c10-5-4-8(13)12-7(9(14)15)3-1-2-6-11/h7H,1-6,11H2,(H,12,13)(H,14,15)/t7-/m0/s1. The normalized spacial score (nSPS) is 12.1. The van der Waals surface area contributed by atoms with Crippen molar-refractivity contribution in [2.24, 2.45) is 5.73 Å². The molecule has 0 aromatic heterocycles. The number of hydrogen-bond donors (Lipinski definition) is 3. The number of amides is 1. The highest BCUT2D eigenvalue weighted by atomic mass is 127. The molecule has 0 aliphatic heterocycles. The van der Waals surface area contributed by atoms with E-state index in [-0.39, 0.29) is 5.91 Å². The molecule has 88 valence electrons. The molecular formula is C9H17IN2O3. The van der Waals surface area contributed by atoms with Gasteiger partial charge in [-0.2, -0.15) is 0 Å². The van der Waals surface area contributed by atoms with Gasteiger partial charge in [-0.15, -0.1) is 0 Å². The Morgan fingerprint density at radius 3 is 2.53 bits per heavy atom. The fourth-order valence-electron chi connectivity index (χ4n) is 1.10. The number of carboxylic acid groups (broad SMARTS) is 1. The van der Waals surface area contributed by atoms with Crippen LogP contribution in [0.3, 0.4) is 0 Å². The molecule has 6 heteroatoms. The number of carboxylic acids is 1. The van der Waals surface area contributed by atoms with Gasteiger partial charge in [-0.05, 0) is 25.8 Å². The van der Waals surface area contributed by atoms with Gasteiger partial charge in [0.1, 0.15) is 6.04 Å². The maximum Gasteiger partial charge on any atom is 0.326 e. The van der Waals surface area contributed by atoms with E-state index < -0.39 is 12.0 Å². The van der Waals surface area contributed by atoms with Crippen LogP contribution in [-0.4, -0.2) is 34.0 Å². The molecule has 0 unspecified atom stereocenters. The van der Waals surface area contributed by atoms with E-state index in [0.717, 1.165) is 12.8 Å². The molecule has 0 aromatic rings. The second-order valence-electron chi connectivity index (χ2n) is 3.18. The van der Waals surface area contributed by atoms with Crippen LogP contribution >= 0.6 is 22.6 Å². The van der Waals surface area contributed by atoms with Gasteiger partial charge < -0.3 is 16.2 Å². The van der Waals surface area contributed by atoms with E-state index in [0.29, 0.717) is 23.8 Å². The van der Waals surface area contributed by atoms with Crippen molar-refractivity contribution in [2.45, 2.75) is 31.7 Å². The maximum atomic E-state index is 11.2. The Hall–Kier alpha value is -0.370. The number of nitrogens with two attached hydrogens (primary N) is 1. The molecular weight excluding hydrogens is 311 g/mol. The first kappa shape index (κ1) is 14.6. The van der Waals surface area contributed by atoms with E-state index in [4.69, 9.17) is 10.8 Å². The molecule has 0 saturated carbocycles. The topological polar surface area (TPSA) is 92.4 Å². The Kier molecular flexibility index (Phi) is 8.68. The van der Waals surface area contributed by atoms with Crippen LogP contribution in [0.5, 0.6) is 0 Å². The molecule has 5 nitrogen and oxygen atoms in total. The van der Waals surface area contributed by atoms with Gasteiger partial charge >= 0.3 is 5.97 Å². The van der Waals surface area contributed by atoms with Crippen LogP contribution in [0.2, 0.25) is 0 Å². The zero-order valence-electron chi connectivity index (χ0n) is 8.54. The zero-order valence-corrected chi connectivity index (χ0v) is 10.7. The summed E-state index contributed by atoms with van der Waals surface area (Å²) in [6.45, 7) is 0.550. The van der Waals surface area contributed by atoms with Crippen molar-refractivity contribution in [1.82, 2.24) is 5.32 Å². The molecule has 0 aromatic carbocycles. The summed E-state index contributed by atoms with van der Waals surface area (Å²) in [5.74, 6) is -1.18. The van der Waals surface area contributed by atoms with Crippen LogP contribution in [0.1, 0.15) is 25.7 Å². The second-order valence-corrected chi connectivity index (χ2v) is 4.26. The predicted molar refractivity (Wildman–Crippen MR) is 66.0 cm³/mol. The van der Waals surface area contributed by atoms with Crippen molar-refractivity contribution >= 4 is 34.5 Å². The van der Waals surface area contributed by atoms with E-state index in [1.807, 2.05) is 0 Å². The van der Waals surface area contributed by atoms with Gasteiger partial charge in [0.15, 0.2) is 0 Å². The van der Waals surface area contributed by atoms with Crippen molar-refractivity contribution in [3.8, 4) is 0 Å². The number of unbranched alkanes of at least 4 members (excludes halogenated alkanes) is 1. The number of carbonyl (C=O) groups excluding carboxylic acids is 1. The van der Waals surface area contributed by atoms with Gasteiger partial charge in [0.25, 0.3) is 0 Å². The third-order valence-corrected chi connectivity index (χ3v) is 2.44. The Labute approximate surface area is 103 Å². The minimum atomic E-state index is -0.978. The zero-order chi connectivity index (χ0) is 11.7. The Balaban J connectivity index is 3.93. The quantitative estimate of drug-likeness (QED) is 0.344. The van der Waals surface area contributed by atoms with Crippen molar-refractivity contribution < 1.29 is 14.7 Å². The fraction of sp³-hybridized carbons (Fsp3) is 0.778. The molecule has 0 aliphatic carbocycles. The molecule has 15 heavy (non-hydrogen) atoms. The van der Waals surface area contributed by atoms with E-state index in [1.54, 1.807) is 0 Å². The van der Waals surface area contributed by atoms with Gasteiger partial charge in [0.2, 0.25) is 5.91 Å². The Morgan fingerprint density at radius 2 is 2.07 bits per heavy atom. The molecule has 0 aliphatic rings. The number of halogens is 1. The lowest BCUT2D eigenvalue weighted by Crippen LogP contribution is -2.40. The van der Waals surface area contributed by atoms with Crippen LogP contribution in [0.25, 0.3) is 0 Å². The molecule has 0 saturated heterocycles. The molecule has 1 amide bonds. The summed E-state index contributed by atoms with van der Waals surface area (Å²) in [4.78, 5) is 22.0. The lowest BCUT2D eigenvalue weighted by atomic mass is 10.1. The molecule has 0 bridgehead atoms. The number of rotatable bonds is 8. The maximum absolute atomic E-state index is 11.2. The summed E-state index contributed by atoms with van der Waals surface area (Å²) in [6.07, 6.45) is 2.31. The smallest absolute Gasteiger partial charge is 0.326 e. The van der Waals surface area contributed by atoms with E-state index >= 15 is 0 Å². The first-order chi connectivity index (χ1) is 7.11. The molecule has 0 radical (unpaired) electrons. The first-order valence-electron chi connectivity index (χ1n) is 4.90. The van der Waals surface area contributed by atoms with Gasteiger partial charge in [0.05, 0.1) is 0 Å². The molecule has 4 N–H and O–H groups in total. The fourth-order valence-corrected chi connectivity index (χ4v) is 1.59. The number of hydrogen-bond acceptors (Lipinski definition) is 3. The largest absolute Gasteiger partial charge is 0.480 e. The summed E-state index contributed by atoms with van der Waals surface area (Å²) in [6, 6.07) is -0.771. The van der Waals surface area contributed by atoms with Crippen LogP contribution in [0.4, 0.5) is 0 Å². The molecule has 1 atom stereocenters. The van der Waals surface area contributed by atoms with Gasteiger partial charge in [-0.25, -0.2) is 4.79 Å². The van der Waals surface area contributed by atoms with Crippen molar-refractivity contribution in [3.05, 3.63) is 0 Å². The first-order valence-corrected chi connectivity index (χ1v) is 6.42. The van der Waals surface area contributed by atoms with Crippen molar-refractivity contribution in [3.63, 3.8) is 0 Å². The van der Waals surface area contributed by atoms with E-state index in [9.17, 15) is 9.59 Å². The van der Waals surface area contributed by atoms with Gasteiger partial charge in [-0.3, -0.25) is 4.79 Å². The highest BCUT2D eigenvalue weighted by Gasteiger charge is 2.18. The Morgan fingerprint density at radius 1 is 1.40 bits per heavy atom. The predicted octanol–water partition coefficient (Wildman–Crippen LogP) is 0.510. The average molecular weight is 328 g/mol. The van der Waals surface area contributed by atoms with Crippen molar-refractivity contribution in [2.75, 3.05) is 11.0 Å². The molecule has 0 spiro atoms. The summed E-state index contributed by atoms with van der Waals surface area (Å²) in [7, 11) is 0. The van der Waals surface area contributed by atoms with Crippen LogP contribution in [0, 0.1) is 0 Å². The third kappa shape index (κ3) is 7.55.